The second-order valence-electron chi connectivity index (χ2n) is 2.07. The molecule has 62 valence electrons. The van der Waals surface area contributed by atoms with Gasteiger partial charge < -0.3 is 16.7 Å². The molecule has 0 aliphatic rings. The molecule has 8 nitrogen and oxygen atoms in total. The Bertz CT molecular complexity index is 436. The van der Waals surface area contributed by atoms with Gasteiger partial charge in [0.2, 0.25) is 5.95 Å². The van der Waals surface area contributed by atoms with Gasteiger partial charge in [0.1, 0.15) is 0 Å². The number of nitrogens with zero attached hydrogens (tertiary/aromatic N) is 4. The quantitative estimate of drug-likeness (QED) is 0.453. The molecule has 0 unspecified atom stereocenters. The topological polar surface area (TPSA) is 131 Å². The standard InChI is InChI=1S/C4H4N6O2/c5-2-1-3(8-4(6)7-2)9-12-10(1)11/h(H4,5,6,7,8,9). The number of rotatable bonds is 0. The van der Waals surface area contributed by atoms with Crippen LogP contribution in [0.2, 0.25) is 0 Å². The molecule has 4 N–H and O–H groups in total. The number of hydrogen-bond acceptors (Lipinski definition) is 7. The molecule has 0 aliphatic heterocycles. The third kappa shape index (κ3) is 0.713. The van der Waals surface area contributed by atoms with E-state index in [0.29, 0.717) is 0 Å². The van der Waals surface area contributed by atoms with Gasteiger partial charge in [-0.1, -0.05) is 0 Å². The number of aromatic nitrogens is 4. The van der Waals surface area contributed by atoms with Crippen LogP contribution in [0.25, 0.3) is 11.2 Å². The SMILES string of the molecule is Nc1nc(N)c2c(no[n+]2[O-])n1. The van der Waals surface area contributed by atoms with Crippen molar-refractivity contribution >= 4 is 22.9 Å². The van der Waals surface area contributed by atoms with Gasteiger partial charge in [0.25, 0.3) is 5.52 Å². The summed E-state index contributed by atoms with van der Waals surface area (Å²) in [6.45, 7) is 0. The molecule has 0 bridgehead atoms. The summed E-state index contributed by atoms with van der Waals surface area (Å²) in [7, 11) is 0. The minimum Gasteiger partial charge on any atom is -0.380 e. The van der Waals surface area contributed by atoms with Crippen LogP contribution < -0.4 is 16.4 Å². The summed E-state index contributed by atoms with van der Waals surface area (Å²) in [5.41, 5.74) is 10.6. The summed E-state index contributed by atoms with van der Waals surface area (Å²) < 4.78 is 4.22. The van der Waals surface area contributed by atoms with Gasteiger partial charge in [-0.05, 0) is 4.90 Å². The minimum absolute atomic E-state index is 0.01000. The average Bonchev–Trinajstić information content (AvgIpc) is 2.31. The van der Waals surface area contributed by atoms with E-state index in [1.807, 2.05) is 0 Å². The molecule has 0 aromatic carbocycles. The summed E-state index contributed by atoms with van der Waals surface area (Å²) in [6, 6.07) is 0. The van der Waals surface area contributed by atoms with E-state index in [2.05, 4.69) is 19.8 Å². The van der Waals surface area contributed by atoms with E-state index in [1.165, 1.54) is 0 Å². The van der Waals surface area contributed by atoms with Crippen LogP contribution >= 0.6 is 0 Å². The molecule has 2 aromatic rings. The van der Waals surface area contributed by atoms with Crippen LogP contribution in [-0.2, 0) is 0 Å². The molecule has 12 heavy (non-hydrogen) atoms. The summed E-state index contributed by atoms with van der Waals surface area (Å²) >= 11 is 0. The van der Waals surface area contributed by atoms with E-state index in [-0.39, 0.29) is 27.8 Å². The molecule has 0 amide bonds. The second-order valence-corrected chi connectivity index (χ2v) is 2.07. The molecule has 0 spiro atoms. The molecule has 8 heteroatoms. The Morgan fingerprint density at radius 1 is 1.33 bits per heavy atom. The van der Waals surface area contributed by atoms with Gasteiger partial charge in [-0.2, -0.15) is 9.97 Å². The Morgan fingerprint density at radius 3 is 2.83 bits per heavy atom. The Hall–Kier alpha value is -2.12. The first kappa shape index (κ1) is 6.58. The molecule has 2 aromatic heterocycles. The third-order valence-corrected chi connectivity index (χ3v) is 1.29. The van der Waals surface area contributed by atoms with E-state index in [1.54, 1.807) is 0 Å². The molecule has 0 saturated carbocycles. The van der Waals surface area contributed by atoms with Crippen molar-refractivity contribution in [1.82, 2.24) is 15.1 Å². The van der Waals surface area contributed by atoms with Gasteiger partial charge >= 0.3 is 5.65 Å². The molecular weight excluding hydrogens is 164 g/mol. The highest BCUT2D eigenvalue weighted by Gasteiger charge is 2.16. The van der Waals surface area contributed by atoms with E-state index >= 15 is 0 Å². The smallest absolute Gasteiger partial charge is 0.347 e. The first-order valence-corrected chi connectivity index (χ1v) is 2.97. The Kier molecular flexibility index (Phi) is 1.06. The lowest BCUT2D eigenvalue weighted by Crippen LogP contribution is -2.24. The zero-order valence-corrected chi connectivity index (χ0v) is 5.76. The lowest BCUT2D eigenvalue weighted by atomic mass is 10.5. The Balaban J connectivity index is 2.93. The number of fused-ring (bicyclic) bond motifs is 1. The van der Waals surface area contributed by atoms with Crippen LogP contribution in [0.1, 0.15) is 0 Å². The van der Waals surface area contributed by atoms with Crippen molar-refractivity contribution in [1.29, 1.82) is 0 Å². The van der Waals surface area contributed by atoms with Crippen LogP contribution in [0.3, 0.4) is 0 Å². The van der Waals surface area contributed by atoms with E-state index in [0.717, 1.165) is 0 Å². The number of nitrogens with two attached hydrogens (primary N) is 2. The Labute approximate surface area is 65.3 Å². The van der Waals surface area contributed by atoms with Gasteiger partial charge in [0, 0.05) is 0 Å². The number of anilines is 2. The predicted molar refractivity (Wildman–Crippen MR) is 37.4 cm³/mol. The summed E-state index contributed by atoms with van der Waals surface area (Å²) in [5, 5.41) is 14.1. The molecular formula is C4H4N6O2. The zero-order chi connectivity index (χ0) is 8.72. The van der Waals surface area contributed by atoms with Crippen molar-refractivity contribution < 1.29 is 9.53 Å². The first-order chi connectivity index (χ1) is 5.68. The van der Waals surface area contributed by atoms with Gasteiger partial charge in [0.15, 0.2) is 5.82 Å². The maximum Gasteiger partial charge on any atom is 0.347 e. The maximum absolute atomic E-state index is 10.8. The largest absolute Gasteiger partial charge is 0.380 e. The van der Waals surface area contributed by atoms with E-state index in [9.17, 15) is 5.21 Å². The van der Waals surface area contributed by atoms with Crippen LogP contribution in [0.15, 0.2) is 4.63 Å². The van der Waals surface area contributed by atoms with Gasteiger partial charge in [-0.25, -0.2) is 0 Å². The van der Waals surface area contributed by atoms with Crippen LogP contribution in [0, 0.1) is 5.21 Å². The first-order valence-electron chi connectivity index (χ1n) is 2.97. The molecule has 0 atom stereocenters. The van der Waals surface area contributed by atoms with Gasteiger partial charge in [-0.15, -0.1) is 0 Å². The molecule has 0 fully saturated rings. The van der Waals surface area contributed by atoms with Crippen molar-refractivity contribution in [2.45, 2.75) is 0 Å². The fourth-order valence-electron chi connectivity index (χ4n) is 0.833. The molecule has 2 rings (SSSR count). The highest BCUT2D eigenvalue weighted by molar-refractivity contribution is 5.77. The van der Waals surface area contributed by atoms with Gasteiger partial charge in [0.05, 0.1) is 5.16 Å². The summed E-state index contributed by atoms with van der Waals surface area (Å²) in [6.07, 6.45) is 0. The molecule has 2 heterocycles. The molecule has 0 saturated heterocycles. The highest BCUT2D eigenvalue weighted by atomic mass is 16.8. The van der Waals surface area contributed by atoms with Crippen molar-refractivity contribution in [3.8, 4) is 0 Å². The van der Waals surface area contributed by atoms with Crippen molar-refractivity contribution in [2.24, 2.45) is 0 Å². The summed E-state index contributed by atoms with van der Waals surface area (Å²) in [4.78, 5) is 7.31. The summed E-state index contributed by atoms with van der Waals surface area (Å²) in [5.74, 6) is -0.0948. The minimum atomic E-state index is -0.0475. The number of nitrogen functional groups attached to an aromatic ring is 2. The lowest BCUT2D eigenvalue weighted by Gasteiger charge is -1.91. The van der Waals surface area contributed by atoms with Crippen LogP contribution in [0.4, 0.5) is 11.8 Å². The van der Waals surface area contributed by atoms with Crippen molar-refractivity contribution in [3.05, 3.63) is 5.21 Å². The van der Waals surface area contributed by atoms with E-state index < -0.39 is 0 Å². The second kappa shape index (κ2) is 1.94. The van der Waals surface area contributed by atoms with E-state index in [4.69, 9.17) is 11.5 Å². The van der Waals surface area contributed by atoms with Crippen LogP contribution in [-0.4, -0.2) is 15.1 Å². The van der Waals surface area contributed by atoms with Gasteiger partial charge in [-0.3, -0.25) is 4.63 Å². The lowest BCUT2D eigenvalue weighted by molar-refractivity contribution is -0.782. The zero-order valence-electron chi connectivity index (χ0n) is 5.76. The third-order valence-electron chi connectivity index (χ3n) is 1.29. The maximum atomic E-state index is 10.8. The Morgan fingerprint density at radius 2 is 2.08 bits per heavy atom. The molecule has 0 aliphatic carbocycles. The molecule has 0 radical (unpaired) electrons. The average molecular weight is 168 g/mol. The van der Waals surface area contributed by atoms with Crippen molar-refractivity contribution in [3.63, 3.8) is 0 Å². The fraction of sp³-hybridized carbons (Fsp3) is 0. The van der Waals surface area contributed by atoms with Crippen LogP contribution in [0.5, 0.6) is 0 Å². The highest BCUT2D eigenvalue weighted by Crippen LogP contribution is 2.11. The monoisotopic (exact) mass is 168 g/mol. The number of hydrogen-bond donors (Lipinski definition) is 2. The normalized spacial score (nSPS) is 10.7. The van der Waals surface area contributed by atoms with Crippen molar-refractivity contribution in [2.75, 3.05) is 11.5 Å². The predicted octanol–water partition coefficient (Wildman–Crippen LogP) is -1.58. The fourth-order valence-corrected chi connectivity index (χ4v) is 0.833.